The third-order valence-electron chi connectivity index (χ3n) is 2.65. The Hall–Kier alpha value is -2.23. The van der Waals surface area contributed by atoms with Crippen molar-refractivity contribution in [1.82, 2.24) is 0 Å². The molecular formula is C14H15FN2O. The minimum absolute atomic E-state index is 0.292. The van der Waals surface area contributed by atoms with Gasteiger partial charge in [-0.3, -0.25) is 0 Å². The second-order valence-electron chi connectivity index (χ2n) is 3.91. The van der Waals surface area contributed by atoms with Crippen molar-refractivity contribution in [3.8, 4) is 5.75 Å². The number of nitrogens with two attached hydrogens (primary N) is 1. The molecular weight excluding hydrogens is 231 g/mol. The lowest BCUT2D eigenvalue weighted by molar-refractivity contribution is 0.416. The largest absolute Gasteiger partial charge is 0.495 e. The van der Waals surface area contributed by atoms with Gasteiger partial charge in [0, 0.05) is 18.7 Å². The fraction of sp³-hybridized carbons (Fsp3) is 0.143. The molecule has 0 saturated heterocycles. The van der Waals surface area contributed by atoms with Gasteiger partial charge in [-0.15, -0.1) is 0 Å². The summed E-state index contributed by atoms with van der Waals surface area (Å²) in [5.41, 5.74) is 7.36. The highest BCUT2D eigenvalue weighted by Crippen LogP contribution is 2.28. The van der Waals surface area contributed by atoms with Crippen molar-refractivity contribution in [3.63, 3.8) is 0 Å². The van der Waals surface area contributed by atoms with Crippen LogP contribution in [-0.4, -0.2) is 7.11 Å². The van der Waals surface area contributed by atoms with Crippen molar-refractivity contribution >= 4 is 11.4 Å². The van der Waals surface area contributed by atoms with E-state index >= 15 is 0 Å². The topological polar surface area (TPSA) is 47.3 Å². The van der Waals surface area contributed by atoms with Crippen molar-refractivity contribution in [2.24, 2.45) is 0 Å². The molecule has 0 spiro atoms. The van der Waals surface area contributed by atoms with Crippen LogP contribution >= 0.6 is 0 Å². The molecule has 0 aromatic heterocycles. The van der Waals surface area contributed by atoms with Gasteiger partial charge in [-0.2, -0.15) is 0 Å². The molecule has 2 rings (SSSR count). The average molecular weight is 246 g/mol. The summed E-state index contributed by atoms with van der Waals surface area (Å²) in [5, 5.41) is 3.02. The van der Waals surface area contributed by atoms with E-state index in [2.05, 4.69) is 5.32 Å². The molecule has 18 heavy (non-hydrogen) atoms. The molecule has 0 bridgehead atoms. The van der Waals surface area contributed by atoms with Crippen molar-refractivity contribution in [1.29, 1.82) is 0 Å². The highest BCUT2D eigenvalue weighted by molar-refractivity contribution is 5.62. The predicted octanol–water partition coefficient (Wildman–Crippen LogP) is 3.03. The maximum Gasteiger partial charge on any atom is 0.148 e. The summed E-state index contributed by atoms with van der Waals surface area (Å²) in [5.74, 6) is 0.0798. The number of benzene rings is 2. The number of halogens is 1. The Bertz CT molecular complexity index is 529. The van der Waals surface area contributed by atoms with E-state index in [1.54, 1.807) is 6.07 Å². The van der Waals surface area contributed by atoms with Gasteiger partial charge in [0.15, 0.2) is 0 Å². The smallest absolute Gasteiger partial charge is 0.148 e. The normalized spacial score (nSPS) is 10.1. The summed E-state index contributed by atoms with van der Waals surface area (Å²) in [6.07, 6.45) is 0. The monoisotopic (exact) mass is 246 g/mol. The van der Waals surface area contributed by atoms with Gasteiger partial charge in [-0.25, -0.2) is 4.39 Å². The molecule has 4 heteroatoms. The van der Waals surface area contributed by atoms with Crippen molar-refractivity contribution < 1.29 is 9.13 Å². The van der Waals surface area contributed by atoms with E-state index < -0.39 is 0 Å². The van der Waals surface area contributed by atoms with Gasteiger partial charge in [0.1, 0.15) is 11.6 Å². The molecule has 94 valence electrons. The number of hydrogen-bond acceptors (Lipinski definition) is 3. The maximum atomic E-state index is 13.7. The number of methoxy groups -OCH3 is 1. The number of nitrogens with one attached hydrogen (secondary N) is 1. The first-order valence-corrected chi connectivity index (χ1v) is 5.61. The molecule has 3 N–H and O–H groups in total. The van der Waals surface area contributed by atoms with Crippen LogP contribution in [0.1, 0.15) is 5.56 Å². The zero-order valence-corrected chi connectivity index (χ0v) is 10.1. The van der Waals surface area contributed by atoms with Gasteiger partial charge in [-0.1, -0.05) is 30.3 Å². The summed E-state index contributed by atoms with van der Waals surface area (Å²) in [7, 11) is 1.50. The molecule has 0 heterocycles. The Morgan fingerprint density at radius 3 is 2.61 bits per heavy atom. The van der Waals surface area contributed by atoms with Crippen molar-refractivity contribution in [2.75, 3.05) is 18.2 Å². The van der Waals surface area contributed by atoms with E-state index in [0.29, 0.717) is 23.7 Å². The predicted molar refractivity (Wildman–Crippen MR) is 71.1 cm³/mol. The highest BCUT2D eigenvalue weighted by Gasteiger charge is 2.07. The average Bonchev–Trinajstić information content (AvgIpc) is 2.39. The molecule has 2 aromatic rings. The van der Waals surface area contributed by atoms with Gasteiger partial charge >= 0.3 is 0 Å². The van der Waals surface area contributed by atoms with Crippen LogP contribution in [0.5, 0.6) is 5.75 Å². The number of anilines is 2. The third-order valence-corrected chi connectivity index (χ3v) is 2.65. The van der Waals surface area contributed by atoms with Crippen LogP contribution in [0.15, 0.2) is 42.5 Å². The lowest BCUT2D eigenvalue weighted by Gasteiger charge is -2.11. The molecule has 0 saturated carbocycles. The van der Waals surface area contributed by atoms with Crippen LogP contribution in [0.4, 0.5) is 15.8 Å². The van der Waals surface area contributed by atoms with Gasteiger partial charge in [0.2, 0.25) is 0 Å². The lowest BCUT2D eigenvalue weighted by Crippen LogP contribution is -2.03. The number of hydrogen-bond donors (Lipinski definition) is 2. The summed E-state index contributed by atoms with van der Waals surface area (Å²) in [6.45, 7) is 0.546. The molecule has 0 aliphatic heterocycles. The van der Waals surface area contributed by atoms with Crippen molar-refractivity contribution in [2.45, 2.75) is 6.54 Å². The summed E-state index contributed by atoms with van der Waals surface area (Å²) in [4.78, 5) is 0. The Morgan fingerprint density at radius 2 is 1.94 bits per heavy atom. The zero-order valence-electron chi connectivity index (χ0n) is 10.1. The Balaban J connectivity index is 2.14. The first-order chi connectivity index (χ1) is 8.70. The van der Waals surface area contributed by atoms with E-state index in [0.717, 1.165) is 5.56 Å². The molecule has 0 aliphatic carbocycles. The maximum absolute atomic E-state index is 13.7. The van der Waals surface area contributed by atoms with Crippen LogP contribution in [-0.2, 0) is 6.54 Å². The van der Waals surface area contributed by atoms with Crippen LogP contribution in [0.25, 0.3) is 0 Å². The third kappa shape index (κ3) is 2.71. The van der Waals surface area contributed by atoms with E-state index in [9.17, 15) is 4.39 Å². The first-order valence-electron chi connectivity index (χ1n) is 5.61. The van der Waals surface area contributed by atoms with Crippen LogP contribution < -0.4 is 15.8 Å². The van der Waals surface area contributed by atoms with Gasteiger partial charge in [0.05, 0.1) is 18.5 Å². The number of nitrogen functional groups attached to an aromatic ring is 1. The van der Waals surface area contributed by atoms with E-state index in [1.165, 1.54) is 13.2 Å². The van der Waals surface area contributed by atoms with Gasteiger partial charge < -0.3 is 15.8 Å². The van der Waals surface area contributed by atoms with E-state index in [4.69, 9.17) is 10.5 Å². The Kier molecular flexibility index (Phi) is 3.67. The van der Waals surface area contributed by atoms with Gasteiger partial charge in [-0.05, 0) is 5.56 Å². The fourth-order valence-electron chi connectivity index (χ4n) is 1.67. The second-order valence-corrected chi connectivity index (χ2v) is 3.91. The Morgan fingerprint density at radius 1 is 1.22 bits per heavy atom. The van der Waals surface area contributed by atoms with Gasteiger partial charge in [0.25, 0.3) is 0 Å². The fourth-order valence-corrected chi connectivity index (χ4v) is 1.67. The molecule has 2 aromatic carbocycles. The Labute approximate surface area is 105 Å². The molecule has 0 aliphatic rings. The van der Waals surface area contributed by atoms with Crippen molar-refractivity contribution in [3.05, 3.63) is 53.8 Å². The SMILES string of the molecule is COc1cc(NCc2ccccc2)c(F)cc1N. The van der Waals surface area contributed by atoms with E-state index in [1.807, 2.05) is 30.3 Å². The molecule has 0 fully saturated rings. The minimum atomic E-state index is -0.385. The molecule has 3 nitrogen and oxygen atoms in total. The zero-order chi connectivity index (χ0) is 13.0. The minimum Gasteiger partial charge on any atom is -0.495 e. The quantitative estimate of drug-likeness (QED) is 0.815. The molecule has 0 amide bonds. The highest BCUT2D eigenvalue weighted by atomic mass is 19.1. The number of rotatable bonds is 4. The van der Waals surface area contributed by atoms with Crippen LogP contribution in [0.2, 0.25) is 0 Å². The second kappa shape index (κ2) is 5.40. The van der Waals surface area contributed by atoms with E-state index in [-0.39, 0.29) is 5.82 Å². The summed E-state index contributed by atoms with van der Waals surface area (Å²) in [6, 6.07) is 12.6. The standard InChI is InChI=1S/C14H15FN2O/c1-18-14-8-13(11(15)7-12(14)16)17-9-10-5-3-2-4-6-10/h2-8,17H,9,16H2,1H3. The first kappa shape index (κ1) is 12.2. The lowest BCUT2D eigenvalue weighted by atomic mass is 10.2. The van der Waals surface area contributed by atoms with Crippen LogP contribution in [0.3, 0.4) is 0 Å². The molecule has 0 radical (unpaired) electrons. The molecule has 0 unspecified atom stereocenters. The molecule has 0 atom stereocenters. The summed E-state index contributed by atoms with van der Waals surface area (Å²) >= 11 is 0. The van der Waals surface area contributed by atoms with Crippen LogP contribution in [0, 0.1) is 5.82 Å². The summed E-state index contributed by atoms with van der Waals surface area (Å²) < 4.78 is 18.7. The number of ether oxygens (including phenoxy) is 1.